The van der Waals surface area contributed by atoms with Crippen LogP contribution in [0.3, 0.4) is 0 Å². The molecular formula is C41H47F2N3O4. The molecule has 0 bridgehead atoms. The molecule has 9 heteroatoms. The lowest BCUT2D eigenvalue weighted by molar-refractivity contribution is -0.160. The van der Waals surface area contributed by atoms with Crippen LogP contribution in [0.1, 0.15) is 92.0 Å². The summed E-state index contributed by atoms with van der Waals surface area (Å²) in [5.41, 5.74) is 5.74. The number of rotatable bonds is 10. The van der Waals surface area contributed by atoms with Crippen molar-refractivity contribution in [1.29, 1.82) is 0 Å². The number of ether oxygens (including phenoxy) is 1. The highest BCUT2D eigenvalue weighted by atomic mass is 19.1. The molecule has 3 aromatic carbocycles. The van der Waals surface area contributed by atoms with Gasteiger partial charge in [-0.1, -0.05) is 56.3 Å². The fourth-order valence-electron chi connectivity index (χ4n) is 6.57. The Morgan fingerprint density at radius 1 is 0.900 bits per heavy atom. The van der Waals surface area contributed by atoms with E-state index in [1.165, 1.54) is 30.3 Å². The third kappa shape index (κ3) is 8.74. The van der Waals surface area contributed by atoms with Crippen LogP contribution in [-0.4, -0.2) is 45.6 Å². The van der Waals surface area contributed by atoms with Gasteiger partial charge in [0.2, 0.25) is 0 Å². The lowest BCUT2D eigenvalue weighted by atomic mass is 9.81. The number of aryl methyl sites for hydroxylation is 2. The summed E-state index contributed by atoms with van der Waals surface area (Å²) in [6.07, 6.45) is 0.679. The Morgan fingerprint density at radius 3 is 2.02 bits per heavy atom. The van der Waals surface area contributed by atoms with Gasteiger partial charge in [0.1, 0.15) is 11.6 Å². The SMILES string of the molecule is Cc1nc(C)c(C(OC(C)(C)C)C(=O)O)c(N2CCC(C)(C)CC2)c1-c1ccc(CN(Cc2ccc(F)cc2)C(=O)c2cccc(F)c2)cc1. The highest BCUT2D eigenvalue weighted by molar-refractivity contribution is 5.94. The molecule has 1 amide bonds. The summed E-state index contributed by atoms with van der Waals surface area (Å²) >= 11 is 0. The van der Waals surface area contributed by atoms with Gasteiger partial charge in [0.05, 0.1) is 11.3 Å². The standard InChI is InChI=1S/C41H47F2N3O4/c1-26-34(36(45-21-19-41(6,7)20-22-45)35(27(2)44-26)37(39(48)49)50-40(3,4)5)30-15-11-28(12-16-30)24-46(25-29-13-17-32(42)18-14-29)38(47)31-9-8-10-33(43)23-31/h8-18,23,37H,19-22,24-25H2,1-7H3,(H,48,49). The lowest BCUT2D eigenvalue weighted by Crippen LogP contribution is -2.39. The molecule has 1 atom stereocenters. The van der Waals surface area contributed by atoms with E-state index in [4.69, 9.17) is 9.72 Å². The van der Waals surface area contributed by atoms with Crippen LogP contribution in [0.5, 0.6) is 0 Å². The highest BCUT2D eigenvalue weighted by Crippen LogP contribution is 2.45. The molecule has 1 N–H and O–H groups in total. The minimum Gasteiger partial charge on any atom is -0.479 e. The Morgan fingerprint density at radius 2 is 1.48 bits per heavy atom. The Balaban J connectivity index is 1.56. The Hall–Kier alpha value is -4.63. The monoisotopic (exact) mass is 683 g/mol. The molecule has 0 spiro atoms. The van der Waals surface area contributed by atoms with Crippen molar-refractivity contribution >= 4 is 17.6 Å². The largest absolute Gasteiger partial charge is 0.479 e. The number of hydrogen-bond donors (Lipinski definition) is 1. The maximum atomic E-state index is 14.1. The molecule has 1 unspecified atom stereocenters. The van der Waals surface area contributed by atoms with Gasteiger partial charge in [0.25, 0.3) is 5.91 Å². The fourth-order valence-corrected chi connectivity index (χ4v) is 6.57. The molecule has 0 saturated carbocycles. The summed E-state index contributed by atoms with van der Waals surface area (Å²) < 4.78 is 34.0. The van der Waals surface area contributed by atoms with Crippen molar-refractivity contribution in [2.24, 2.45) is 5.41 Å². The van der Waals surface area contributed by atoms with Crippen molar-refractivity contribution in [2.75, 3.05) is 18.0 Å². The van der Waals surface area contributed by atoms with E-state index in [0.717, 1.165) is 59.6 Å². The van der Waals surface area contributed by atoms with Crippen molar-refractivity contribution < 1.29 is 28.2 Å². The van der Waals surface area contributed by atoms with Crippen molar-refractivity contribution in [3.8, 4) is 11.1 Å². The molecule has 0 aliphatic carbocycles. The summed E-state index contributed by atoms with van der Waals surface area (Å²) in [4.78, 5) is 35.3. The minimum absolute atomic E-state index is 0.173. The second-order valence-electron chi connectivity index (χ2n) is 15.0. The highest BCUT2D eigenvalue weighted by Gasteiger charge is 2.36. The molecule has 0 radical (unpaired) electrons. The third-order valence-electron chi connectivity index (χ3n) is 9.23. The van der Waals surface area contributed by atoms with Gasteiger partial charge in [-0.05, 0) is 99.9 Å². The predicted octanol–water partition coefficient (Wildman–Crippen LogP) is 9.05. The molecule has 1 aliphatic rings. The number of amides is 1. The number of anilines is 1. The van der Waals surface area contributed by atoms with Gasteiger partial charge in [-0.3, -0.25) is 9.78 Å². The minimum atomic E-state index is -1.22. The van der Waals surface area contributed by atoms with Crippen LogP contribution in [0.2, 0.25) is 0 Å². The molecule has 1 saturated heterocycles. The first kappa shape index (κ1) is 36.6. The molecule has 4 aromatic rings. The van der Waals surface area contributed by atoms with E-state index in [0.29, 0.717) is 11.3 Å². The lowest BCUT2D eigenvalue weighted by Gasteiger charge is -2.41. The van der Waals surface area contributed by atoms with Crippen molar-refractivity contribution in [3.05, 3.63) is 118 Å². The molecule has 264 valence electrons. The van der Waals surface area contributed by atoms with Crippen LogP contribution in [0, 0.1) is 30.9 Å². The molecule has 1 aromatic heterocycles. The third-order valence-corrected chi connectivity index (χ3v) is 9.23. The first-order valence-electron chi connectivity index (χ1n) is 17.1. The number of hydrogen-bond acceptors (Lipinski definition) is 5. The number of carboxylic acids is 1. The number of benzene rings is 3. The average Bonchev–Trinajstić information content (AvgIpc) is 3.04. The number of carbonyl (C=O) groups is 2. The van der Waals surface area contributed by atoms with Crippen LogP contribution in [0.15, 0.2) is 72.8 Å². The number of aliphatic carboxylic acids is 1. The Kier molecular flexibility index (Phi) is 10.8. The summed E-state index contributed by atoms with van der Waals surface area (Å²) in [6.45, 7) is 15.8. The number of nitrogens with zero attached hydrogens (tertiary/aromatic N) is 3. The second kappa shape index (κ2) is 14.7. The number of carboxylic acid groups (broad SMARTS) is 1. The van der Waals surface area contributed by atoms with E-state index < -0.39 is 23.5 Å². The van der Waals surface area contributed by atoms with Crippen LogP contribution >= 0.6 is 0 Å². The molecule has 5 rings (SSSR count). The maximum Gasteiger partial charge on any atom is 0.337 e. The van der Waals surface area contributed by atoms with E-state index >= 15 is 0 Å². The van der Waals surface area contributed by atoms with E-state index in [2.05, 4.69) is 18.7 Å². The number of halogens is 2. The summed E-state index contributed by atoms with van der Waals surface area (Å²) in [5.74, 6) is -2.30. The van der Waals surface area contributed by atoms with E-state index in [1.54, 1.807) is 23.1 Å². The quantitative estimate of drug-likeness (QED) is 0.180. The van der Waals surface area contributed by atoms with Crippen molar-refractivity contribution in [3.63, 3.8) is 0 Å². The summed E-state index contributed by atoms with van der Waals surface area (Å²) in [6, 6.07) is 19.4. The smallest absolute Gasteiger partial charge is 0.337 e. The molecule has 7 nitrogen and oxygen atoms in total. The summed E-state index contributed by atoms with van der Waals surface area (Å²) in [7, 11) is 0. The van der Waals surface area contributed by atoms with Crippen LogP contribution < -0.4 is 4.90 Å². The molecule has 50 heavy (non-hydrogen) atoms. The van der Waals surface area contributed by atoms with Gasteiger partial charge >= 0.3 is 5.97 Å². The van der Waals surface area contributed by atoms with Gasteiger partial charge in [-0.25, -0.2) is 13.6 Å². The zero-order chi connectivity index (χ0) is 36.4. The van der Waals surface area contributed by atoms with Gasteiger partial charge < -0.3 is 19.6 Å². The van der Waals surface area contributed by atoms with Crippen LogP contribution in [0.4, 0.5) is 14.5 Å². The Bertz CT molecular complexity index is 1840. The molecule has 2 heterocycles. The van der Waals surface area contributed by atoms with Gasteiger partial charge in [0.15, 0.2) is 6.10 Å². The van der Waals surface area contributed by atoms with Crippen LogP contribution in [0.25, 0.3) is 11.1 Å². The van der Waals surface area contributed by atoms with Crippen LogP contribution in [-0.2, 0) is 22.6 Å². The molecule has 1 aliphatic heterocycles. The van der Waals surface area contributed by atoms with Gasteiger partial charge in [0, 0.05) is 54.3 Å². The zero-order valence-corrected chi connectivity index (χ0v) is 30.0. The number of piperidine rings is 1. The second-order valence-corrected chi connectivity index (χ2v) is 15.0. The van der Waals surface area contributed by atoms with Crippen molar-refractivity contribution in [2.45, 2.75) is 86.1 Å². The predicted molar refractivity (Wildman–Crippen MR) is 192 cm³/mol. The topological polar surface area (TPSA) is 83.0 Å². The first-order chi connectivity index (χ1) is 23.5. The first-order valence-corrected chi connectivity index (χ1v) is 17.1. The van der Waals surface area contributed by atoms with Gasteiger partial charge in [-0.15, -0.1) is 0 Å². The normalized spacial score (nSPS) is 15.1. The van der Waals surface area contributed by atoms with E-state index in [1.807, 2.05) is 58.9 Å². The molecular weight excluding hydrogens is 636 g/mol. The van der Waals surface area contributed by atoms with E-state index in [-0.39, 0.29) is 35.8 Å². The number of carbonyl (C=O) groups excluding carboxylic acids is 1. The fraction of sp³-hybridized carbons (Fsp3) is 0.390. The maximum absolute atomic E-state index is 14.1. The number of pyridine rings is 1. The molecule has 1 fully saturated rings. The number of aromatic nitrogens is 1. The Labute approximate surface area is 293 Å². The zero-order valence-electron chi connectivity index (χ0n) is 30.0. The van der Waals surface area contributed by atoms with Crippen molar-refractivity contribution in [1.82, 2.24) is 9.88 Å². The van der Waals surface area contributed by atoms with E-state index in [9.17, 15) is 23.5 Å². The summed E-state index contributed by atoms with van der Waals surface area (Å²) in [5, 5.41) is 10.5. The van der Waals surface area contributed by atoms with Gasteiger partial charge in [-0.2, -0.15) is 0 Å². The average molecular weight is 684 g/mol.